The fourth-order valence-corrected chi connectivity index (χ4v) is 1.95. The lowest BCUT2D eigenvalue weighted by atomic mass is 10.4. The van der Waals surface area contributed by atoms with Crippen molar-refractivity contribution < 1.29 is 18.0 Å². The van der Waals surface area contributed by atoms with Crippen LogP contribution in [0.5, 0.6) is 0 Å². The van der Waals surface area contributed by atoms with Crippen molar-refractivity contribution in [3.05, 3.63) is 28.6 Å². The summed E-state index contributed by atoms with van der Waals surface area (Å²) in [5, 5.41) is 5.74. The minimum atomic E-state index is -4.66. The van der Waals surface area contributed by atoms with Gasteiger partial charge in [0.25, 0.3) is 0 Å². The number of amides is 1. The Bertz CT molecular complexity index is 785. The van der Waals surface area contributed by atoms with E-state index in [0.717, 1.165) is 21.0 Å². The van der Waals surface area contributed by atoms with Crippen molar-refractivity contribution in [2.45, 2.75) is 17.9 Å². The molecule has 0 radical (unpaired) electrons. The maximum atomic E-state index is 12.8. The fraction of sp³-hybridized carbons (Fsp3) is 0.364. The first-order valence-corrected chi connectivity index (χ1v) is 7.31. The van der Waals surface area contributed by atoms with Crippen LogP contribution in [0.2, 0.25) is 0 Å². The minimum absolute atomic E-state index is 0.134. The van der Waals surface area contributed by atoms with E-state index in [1.807, 2.05) is 0 Å². The third kappa shape index (κ3) is 4.09. The predicted octanol–water partition coefficient (Wildman–Crippen LogP) is 0.751. The van der Waals surface area contributed by atoms with Gasteiger partial charge in [0.1, 0.15) is 18.7 Å². The maximum Gasteiger partial charge on any atom is 0.433 e. The van der Waals surface area contributed by atoms with Gasteiger partial charge in [-0.25, -0.2) is 19.4 Å². The lowest BCUT2D eigenvalue weighted by Crippen LogP contribution is -2.29. The molecule has 1 N–H and O–H groups in total. The van der Waals surface area contributed by atoms with Crippen LogP contribution in [-0.2, 0) is 24.6 Å². The number of aromatic nitrogens is 5. The van der Waals surface area contributed by atoms with E-state index in [4.69, 9.17) is 0 Å². The molecule has 1 amide bonds. The quantitative estimate of drug-likeness (QED) is 0.647. The van der Waals surface area contributed by atoms with Crippen molar-refractivity contribution >= 4 is 23.5 Å². The summed E-state index contributed by atoms with van der Waals surface area (Å²) in [6, 6.07) is 0.624. The summed E-state index contributed by atoms with van der Waals surface area (Å²) in [6.45, 7) is -0.445. The van der Waals surface area contributed by atoms with Crippen molar-refractivity contribution in [1.82, 2.24) is 24.3 Å². The molecule has 0 aliphatic carbocycles. The number of carbonyl (C=O) groups excluding carboxylic acids is 1. The van der Waals surface area contributed by atoms with Gasteiger partial charge in [0.15, 0.2) is 10.9 Å². The molecule has 0 bridgehead atoms. The molecule has 8 nitrogen and oxygen atoms in total. The number of carbonyl (C=O) groups is 1. The summed E-state index contributed by atoms with van der Waals surface area (Å²) in [5.41, 5.74) is -1.69. The van der Waals surface area contributed by atoms with E-state index in [0.29, 0.717) is 6.07 Å². The van der Waals surface area contributed by atoms with Gasteiger partial charge in [-0.05, 0) is 6.26 Å². The van der Waals surface area contributed by atoms with Crippen LogP contribution in [0.15, 0.2) is 22.3 Å². The third-order valence-corrected chi connectivity index (χ3v) is 3.17. The number of nitrogens with one attached hydrogen (secondary N) is 1. The standard InChI is InChI=1S/C11H11F3N6O2S/c1-19-5-15-20(10(19)22)4-8(21)17-7-3-6(11(12,13)14)16-9(18-7)23-2/h3,5H,4H2,1-2H3,(H,16,17,18,21). The van der Waals surface area contributed by atoms with Gasteiger partial charge in [0, 0.05) is 13.1 Å². The van der Waals surface area contributed by atoms with Crippen LogP contribution in [0.25, 0.3) is 0 Å². The first kappa shape index (κ1) is 17.0. The summed E-state index contributed by atoms with van der Waals surface area (Å²) in [7, 11) is 1.45. The number of anilines is 1. The number of hydrogen-bond acceptors (Lipinski definition) is 6. The molecule has 2 aromatic rings. The van der Waals surface area contributed by atoms with Gasteiger partial charge in [-0.1, -0.05) is 11.8 Å². The first-order chi connectivity index (χ1) is 10.7. The molecule has 0 fully saturated rings. The van der Waals surface area contributed by atoms with Crippen LogP contribution in [-0.4, -0.2) is 36.5 Å². The Balaban J connectivity index is 2.20. The maximum absolute atomic E-state index is 12.8. The van der Waals surface area contributed by atoms with Crippen molar-refractivity contribution in [1.29, 1.82) is 0 Å². The zero-order valence-corrected chi connectivity index (χ0v) is 12.8. The number of nitrogens with zero attached hydrogens (tertiary/aromatic N) is 5. The Kier molecular flexibility index (Phi) is 4.73. The average molecular weight is 348 g/mol. The molecular formula is C11H11F3N6O2S. The Hall–Kier alpha value is -2.37. The van der Waals surface area contributed by atoms with Gasteiger partial charge < -0.3 is 5.32 Å². The predicted molar refractivity (Wildman–Crippen MR) is 74.9 cm³/mol. The molecule has 0 spiro atoms. The molecule has 2 aromatic heterocycles. The molecule has 0 atom stereocenters. The molecule has 0 saturated carbocycles. The molecule has 23 heavy (non-hydrogen) atoms. The smallest absolute Gasteiger partial charge is 0.309 e. The van der Waals surface area contributed by atoms with E-state index < -0.39 is 30.0 Å². The van der Waals surface area contributed by atoms with Gasteiger partial charge in [-0.15, -0.1) is 0 Å². The van der Waals surface area contributed by atoms with Gasteiger partial charge in [0.2, 0.25) is 5.91 Å². The normalized spacial score (nSPS) is 11.5. The second kappa shape index (κ2) is 6.40. The van der Waals surface area contributed by atoms with E-state index in [1.165, 1.54) is 19.6 Å². The highest BCUT2D eigenvalue weighted by Crippen LogP contribution is 2.30. The SMILES string of the molecule is CSc1nc(NC(=O)Cn2ncn(C)c2=O)cc(C(F)(F)F)n1. The monoisotopic (exact) mass is 348 g/mol. The van der Waals surface area contributed by atoms with E-state index >= 15 is 0 Å². The third-order valence-electron chi connectivity index (χ3n) is 2.63. The number of thioether (sulfide) groups is 1. The minimum Gasteiger partial charge on any atom is -0.309 e. The molecule has 0 aliphatic heterocycles. The van der Waals surface area contributed by atoms with Gasteiger partial charge in [-0.3, -0.25) is 9.36 Å². The van der Waals surface area contributed by atoms with Crippen LogP contribution in [0.3, 0.4) is 0 Å². The zero-order chi connectivity index (χ0) is 17.2. The number of hydrogen-bond donors (Lipinski definition) is 1. The van der Waals surface area contributed by atoms with Crippen LogP contribution in [0.1, 0.15) is 5.69 Å². The number of rotatable bonds is 4. The summed E-state index contributed by atoms with van der Waals surface area (Å²) >= 11 is 0.906. The van der Waals surface area contributed by atoms with Crippen LogP contribution in [0.4, 0.5) is 19.0 Å². The molecule has 0 aliphatic rings. The van der Waals surface area contributed by atoms with E-state index in [1.54, 1.807) is 0 Å². The van der Waals surface area contributed by atoms with Crippen molar-refractivity contribution in [3.8, 4) is 0 Å². The van der Waals surface area contributed by atoms with Gasteiger partial charge in [-0.2, -0.15) is 18.3 Å². The fourth-order valence-electron chi connectivity index (χ4n) is 1.57. The molecule has 0 unspecified atom stereocenters. The van der Waals surface area contributed by atoms with E-state index in [-0.39, 0.29) is 11.0 Å². The molecule has 0 saturated heterocycles. The molecule has 12 heteroatoms. The number of alkyl halides is 3. The van der Waals surface area contributed by atoms with Gasteiger partial charge in [0.05, 0.1) is 0 Å². The lowest BCUT2D eigenvalue weighted by Gasteiger charge is -2.10. The Morgan fingerprint density at radius 2 is 2.09 bits per heavy atom. The summed E-state index contributed by atoms with van der Waals surface area (Å²) in [4.78, 5) is 30.5. The van der Waals surface area contributed by atoms with Crippen LogP contribution >= 0.6 is 11.8 Å². The van der Waals surface area contributed by atoms with Crippen molar-refractivity contribution in [2.24, 2.45) is 7.05 Å². The second-order valence-electron chi connectivity index (χ2n) is 4.35. The van der Waals surface area contributed by atoms with Crippen LogP contribution < -0.4 is 11.0 Å². The van der Waals surface area contributed by atoms with E-state index in [2.05, 4.69) is 20.4 Å². The highest BCUT2D eigenvalue weighted by Gasteiger charge is 2.33. The van der Waals surface area contributed by atoms with Gasteiger partial charge >= 0.3 is 11.9 Å². The lowest BCUT2D eigenvalue weighted by molar-refractivity contribution is -0.141. The molecule has 2 rings (SSSR count). The van der Waals surface area contributed by atoms with Crippen LogP contribution in [0, 0.1) is 0 Å². The molecule has 2 heterocycles. The van der Waals surface area contributed by atoms with Crippen molar-refractivity contribution in [2.75, 3.05) is 11.6 Å². The molecule has 124 valence electrons. The van der Waals surface area contributed by atoms with Crippen molar-refractivity contribution in [3.63, 3.8) is 0 Å². The Labute approximate surface area is 131 Å². The average Bonchev–Trinajstić information content (AvgIpc) is 2.78. The second-order valence-corrected chi connectivity index (χ2v) is 5.13. The first-order valence-electron chi connectivity index (χ1n) is 6.09. The Morgan fingerprint density at radius 1 is 1.39 bits per heavy atom. The molecule has 0 aromatic carbocycles. The summed E-state index contributed by atoms with van der Waals surface area (Å²) < 4.78 is 40.3. The number of aryl methyl sites for hydroxylation is 1. The summed E-state index contributed by atoms with van der Waals surface area (Å²) in [6.07, 6.45) is -1.94. The topological polar surface area (TPSA) is 94.7 Å². The van der Waals surface area contributed by atoms with E-state index in [9.17, 15) is 22.8 Å². The zero-order valence-electron chi connectivity index (χ0n) is 12.0. The summed E-state index contributed by atoms with van der Waals surface area (Å²) in [5.74, 6) is -1.03. The highest BCUT2D eigenvalue weighted by molar-refractivity contribution is 7.98. The Morgan fingerprint density at radius 3 is 2.61 bits per heavy atom. The number of halogens is 3. The largest absolute Gasteiger partial charge is 0.433 e. The molecular weight excluding hydrogens is 337 g/mol. The highest BCUT2D eigenvalue weighted by atomic mass is 32.2.